The Labute approximate surface area is 137 Å². The molecule has 3 rings (SSSR count). The summed E-state index contributed by atoms with van der Waals surface area (Å²) in [6.07, 6.45) is 2.33. The molecule has 7 heteroatoms. The maximum Gasteiger partial charge on any atom is 0.216 e. The van der Waals surface area contributed by atoms with E-state index in [1.807, 2.05) is 43.3 Å². The van der Waals surface area contributed by atoms with Gasteiger partial charge in [0.2, 0.25) is 4.77 Å². The van der Waals surface area contributed by atoms with Crippen LogP contribution in [-0.2, 0) is 6.42 Å². The maximum atomic E-state index is 6.16. The van der Waals surface area contributed by atoms with Gasteiger partial charge in [0, 0.05) is 12.0 Å². The fourth-order valence-electron chi connectivity index (χ4n) is 2.01. The van der Waals surface area contributed by atoms with Crippen LogP contribution < -0.4 is 0 Å². The molecule has 0 atom stereocenters. The van der Waals surface area contributed by atoms with Crippen molar-refractivity contribution < 1.29 is 4.42 Å². The van der Waals surface area contributed by atoms with Crippen LogP contribution in [0.1, 0.15) is 18.5 Å². The Balaban J connectivity index is 1.89. The number of H-pyrrole nitrogens is 1. The lowest BCUT2D eigenvalue weighted by molar-refractivity contribution is 0.574. The fourth-order valence-corrected chi connectivity index (χ4v) is 2.44. The Hall–Kier alpha value is -2.18. The monoisotopic (exact) mass is 332 g/mol. The number of aryl methyl sites for hydroxylation is 1. The summed E-state index contributed by atoms with van der Waals surface area (Å²) in [5.41, 5.74) is 0.845. The highest BCUT2D eigenvalue weighted by Gasteiger charge is 2.07. The van der Waals surface area contributed by atoms with E-state index in [9.17, 15) is 0 Å². The van der Waals surface area contributed by atoms with Crippen molar-refractivity contribution in [3.63, 3.8) is 0 Å². The van der Waals surface area contributed by atoms with Crippen molar-refractivity contribution >= 4 is 30.0 Å². The number of rotatable bonds is 4. The van der Waals surface area contributed by atoms with Gasteiger partial charge in [-0.05, 0) is 36.5 Å². The summed E-state index contributed by atoms with van der Waals surface area (Å²) in [6.45, 7) is 1.99. The second-order valence-corrected chi connectivity index (χ2v) is 5.33. The quantitative estimate of drug-likeness (QED) is 0.572. The highest BCUT2D eigenvalue weighted by atomic mass is 35.5. The minimum absolute atomic E-state index is 0.450. The Kier molecular flexibility index (Phi) is 4.22. The standard InChI is InChI=1S/C15H13ClN4OS/c1-2-14-18-19-15(22)20(14)17-9-10-7-8-13(21-10)11-5-3-4-6-12(11)16/h3-9H,2H2,1H3,(H,19,22)/b17-9-. The van der Waals surface area contributed by atoms with Gasteiger partial charge < -0.3 is 4.42 Å². The molecule has 0 saturated carbocycles. The first-order valence-corrected chi connectivity index (χ1v) is 7.53. The molecule has 3 aromatic rings. The van der Waals surface area contributed by atoms with Gasteiger partial charge in [0.25, 0.3) is 0 Å². The van der Waals surface area contributed by atoms with Gasteiger partial charge in [-0.25, -0.2) is 0 Å². The molecule has 0 amide bonds. The third-order valence-electron chi connectivity index (χ3n) is 3.10. The zero-order valence-electron chi connectivity index (χ0n) is 11.8. The van der Waals surface area contributed by atoms with E-state index in [-0.39, 0.29) is 0 Å². The zero-order chi connectivity index (χ0) is 15.5. The van der Waals surface area contributed by atoms with Gasteiger partial charge in [-0.2, -0.15) is 14.9 Å². The molecule has 0 aliphatic rings. The van der Waals surface area contributed by atoms with Crippen LogP contribution in [-0.4, -0.2) is 21.1 Å². The van der Waals surface area contributed by atoms with Crippen LogP contribution in [0.4, 0.5) is 0 Å². The zero-order valence-corrected chi connectivity index (χ0v) is 13.4. The van der Waals surface area contributed by atoms with Gasteiger partial charge in [-0.1, -0.05) is 30.7 Å². The summed E-state index contributed by atoms with van der Waals surface area (Å²) in [6, 6.07) is 11.2. The third kappa shape index (κ3) is 2.88. The average Bonchev–Trinajstić information content (AvgIpc) is 3.12. The van der Waals surface area contributed by atoms with Gasteiger partial charge in [0.05, 0.1) is 11.2 Å². The van der Waals surface area contributed by atoms with E-state index in [0.717, 1.165) is 17.8 Å². The fraction of sp³-hybridized carbons (Fsp3) is 0.133. The molecule has 112 valence electrons. The summed E-state index contributed by atoms with van der Waals surface area (Å²) < 4.78 is 7.78. The Morgan fingerprint density at radius 2 is 2.18 bits per heavy atom. The van der Waals surface area contributed by atoms with Crippen LogP contribution in [0.15, 0.2) is 45.9 Å². The molecule has 22 heavy (non-hydrogen) atoms. The lowest BCUT2D eigenvalue weighted by Crippen LogP contribution is -1.96. The van der Waals surface area contributed by atoms with Gasteiger partial charge in [-0.3, -0.25) is 5.10 Å². The van der Waals surface area contributed by atoms with Crippen LogP contribution in [0.5, 0.6) is 0 Å². The lowest BCUT2D eigenvalue weighted by atomic mass is 10.2. The second kappa shape index (κ2) is 6.29. The van der Waals surface area contributed by atoms with Crippen LogP contribution in [0.25, 0.3) is 11.3 Å². The van der Waals surface area contributed by atoms with Crippen molar-refractivity contribution in [3.05, 3.63) is 57.8 Å². The molecular weight excluding hydrogens is 320 g/mol. The van der Waals surface area contributed by atoms with Gasteiger partial charge >= 0.3 is 0 Å². The normalized spacial score (nSPS) is 11.4. The van der Waals surface area contributed by atoms with E-state index in [4.69, 9.17) is 28.2 Å². The first-order valence-electron chi connectivity index (χ1n) is 6.74. The predicted molar refractivity (Wildman–Crippen MR) is 88.9 cm³/mol. The molecule has 2 heterocycles. The molecule has 1 aromatic carbocycles. The minimum atomic E-state index is 0.450. The second-order valence-electron chi connectivity index (χ2n) is 4.54. The van der Waals surface area contributed by atoms with Crippen molar-refractivity contribution in [2.24, 2.45) is 5.10 Å². The van der Waals surface area contributed by atoms with Crippen molar-refractivity contribution in [2.75, 3.05) is 0 Å². The van der Waals surface area contributed by atoms with Crippen LogP contribution in [0.2, 0.25) is 5.02 Å². The average molecular weight is 333 g/mol. The molecule has 0 unspecified atom stereocenters. The Morgan fingerprint density at radius 1 is 1.36 bits per heavy atom. The van der Waals surface area contributed by atoms with Gasteiger partial charge in [0.15, 0.2) is 5.82 Å². The highest BCUT2D eigenvalue weighted by Crippen LogP contribution is 2.28. The molecular formula is C15H13ClN4OS. The molecule has 0 spiro atoms. The van der Waals surface area contributed by atoms with Crippen molar-refractivity contribution in [3.8, 4) is 11.3 Å². The first kappa shape index (κ1) is 14.7. The van der Waals surface area contributed by atoms with E-state index in [1.165, 1.54) is 0 Å². The van der Waals surface area contributed by atoms with Crippen molar-refractivity contribution in [2.45, 2.75) is 13.3 Å². The highest BCUT2D eigenvalue weighted by molar-refractivity contribution is 7.71. The van der Waals surface area contributed by atoms with Crippen molar-refractivity contribution in [1.29, 1.82) is 0 Å². The molecule has 1 N–H and O–H groups in total. The minimum Gasteiger partial charge on any atom is -0.455 e. The molecule has 0 bridgehead atoms. The molecule has 5 nitrogen and oxygen atoms in total. The summed E-state index contributed by atoms with van der Waals surface area (Å²) in [4.78, 5) is 0. The molecule has 0 aliphatic heterocycles. The third-order valence-corrected chi connectivity index (χ3v) is 3.69. The smallest absolute Gasteiger partial charge is 0.216 e. The topological polar surface area (TPSA) is 59.1 Å². The summed E-state index contributed by atoms with van der Waals surface area (Å²) in [5, 5.41) is 11.8. The van der Waals surface area contributed by atoms with Crippen molar-refractivity contribution in [1.82, 2.24) is 14.9 Å². The van der Waals surface area contributed by atoms with E-state index >= 15 is 0 Å². The molecule has 0 radical (unpaired) electrons. The number of nitrogens with one attached hydrogen (secondary N) is 1. The predicted octanol–water partition coefficient (Wildman–Crippen LogP) is 4.30. The van der Waals surface area contributed by atoms with E-state index in [1.54, 1.807) is 10.9 Å². The Bertz CT molecular complexity index is 878. The number of hydrogen-bond donors (Lipinski definition) is 1. The van der Waals surface area contributed by atoms with Crippen LogP contribution in [0.3, 0.4) is 0 Å². The van der Waals surface area contributed by atoms with Crippen LogP contribution in [0, 0.1) is 4.77 Å². The largest absolute Gasteiger partial charge is 0.455 e. The summed E-state index contributed by atoms with van der Waals surface area (Å²) >= 11 is 11.3. The van der Waals surface area contributed by atoms with E-state index < -0.39 is 0 Å². The lowest BCUT2D eigenvalue weighted by Gasteiger charge is -1.99. The molecule has 0 saturated heterocycles. The Morgan fingerprint density at radius 3 is 2.95 bits per heavy atom. The summed E-state index contributed by atoms with van der Waals surface area (Å²) in [5.74, 6) is 2.07. The number of aromatic nitrogens is 3. The van der Waals surface area contributed by atoms with Gasteiger partial charge in [0.1, 0.15) is 11.5 Å². The number of furan rings is 1. The number of benzene rings is 1. The molecule has 2 aromatic heterocycles. The number of nitrogens with zero attached hydrogens (tertiary/aromatic N) is 3. The van der Waals surface area contributed by atoms with Gasteiger partial charge in [-0.15, -0.1) is 0 Å². The number of hydrogen-bond acceptors (Lipinski definition) is 4. The SMILES string of the molecule is CCc1n[nH]c(=S)n1/N=C\c1ccc(-c2ccccc2Cl)o1. The number of halogens is 1. The van der Waals surface area contributed by atoms with Crippen LogP contribution >= 0.6 is 23.8 Å². The first-order chi connectivity index (χ1) is 10.7. The van der Waals surface area contributed by atoms with E-state index in [0.29, 0.717) is 21.3 Å². The number of aromatic amines is 1. The maximum absolute atomic E-state index is 6.16. The molecule has 0 fully saturated rings. The summed E-state index contributed by atoms with van der Waals surface area (Å²) in [7, 11) is 0. The van der Waals surface area contributed by atoms with E-state index in [2.05, 4.69) is 15.3 Å². The molecule has 0 aliphatic carbocycles.